The molecule has 5 aliphatic rings. The predicted octanol–water partition coefficient (Wildman–Crippen LogP) is 3.51. The van der Waals surface area contributed by atoms with Crippen LogP contribution < -0.4 is 0 Å². The van der Waals surface area contributed by atoms with Crippen LogP contribution in [0, 0.1) is 0 Å². The minimum absolute atomic E-state index is 0.129. The maximum atomic E-state index is 11.4. The van der Waals surface area contributed by atoms with Crippen molar-refractivity contribution in [2.45, 2.75) is 86.6 Å². The number of epoxide rings is 1. The number of hydrogen-bond donors (Lipinski definition) is 1. The highest BCUT2D eigenvalue weighted by Gasteiger charge is 2.64. The van der Waals surface area contributed by atoms with E-state index >= 15 is 0 Å². The summed E-state index contributed by atoms with van der Waals surface area (Å²) in [6, 6.07) is 30.5. The molecular weight excluding hydrogens is 552 g/mol. The zero-order chi connectivity index (χ0) is 29.2. The monoisotopic (exact) mass is 588 g/mol. The van der Waals surface area contributed by atoms with Gasteiger partial charge in [-0.1, -0.05) is 91.0 Å². The summed E-state index contributed by atoms with van der Waals surface area (Å²) in [7, 11) is 0. The van der Waals surface area contributed by atoms with E-state index < -0.39 is 48.2 Å². The fourth-order valence-corrected chi connectivity index (χ4v) is 7.01. The topological polar surface area (TPSA) is 97.4 Å². The van der Waals surface area contributed by atoms with E-state index in [4.69, 9.17) is 37.9 Å². The van der Waals surface area contributed by atoms with Crippen LogP contribution in [0.1, 0.15) is 30.5 Å². The van der Waals surface area contributed by atoms with Gasteiger partial charge in [-0.25, -0.2) is 0 Å². The van der Waals surface area contributed by atoms with Gasteiger partial charge in [-0.3, -0.25) is 0 Å². The molecule has 8 rings (SSSR count). The van der Waals surface area contributed by atoms with E-state index in [0.29, 0.717) is 6.61 Å². The van der Waals surface area contributed by atoms with Gasteiger partial charge in [0.25, 0.3) is 0 Å². The standard InChI is InChI=1S/C34H36O9/c1-33(2)42-27-24(38-31(25(35)28(27)43-33)41-26-23-18-36-32(39-23)30-29(26)40-30)19-37-34(20-12-6-3-7-13-20,21-14-8-4-9-15-21)22-16-10-5-11-17-22/h3-17,23-32,35H,18-19H2,1-2H3/t23-,24-,25-,26-,27+,28-,29+,30+,31+,32-/m1/s1. The molecule has 9 nitrogen and oxygen atoms in total. The van der Waals surface area contributed by atoms with Crippen molar-refractivity contribution in [3.8, 4) is 0 Å². The molecular formula is C34H36O9. The Labute approximate surface area is 250 Å². The second-order valence-electron chi connectivity index (χ2n) is 12.2. The highest BCUT2D eigenvalue weighted by atomic mass is 16.8. The summed E-state index contributed by atoms with van der Waals surface area (Å²) in [6.45, 7) is 4.21. The highest BCUT2D eigenvalue weighted by molar-refractivity contribution is 5.47. The normalized spacial score (nSPS) is 37.5. The van der Waals surface area contributed by atoms with Crippen LogP contribution in [0.4, 0.5) is 0 Å². The first kappa shape index (κ1) is 27.8. The molecule has 0 saturated carbocycles. The number of aliphatic hydroxyl groups excluding tert-OH is 1. The summed E-state index contributed by atoms with van der Waals surface area (Å²) < 4.78 is 50.0. The number of fused-ring (bicyclic) bond motifs is 5. The number of benzene rings is 3. The van der Waals surface area contributed by atoms with Gasteiger partial charge in [0.1, 0.15) is 54.4 Å². The first-order valence-electron chi connectivity index (χ1n) is 15.0. The van der Waals surface area contributed by atoms with Gasteiger partial charge in [-0.05, 0) is 30.5 Å². The molecule has 0 radical (unpaired) electrons. The lowest BCUT2D eigenvalue weighted by Crippen LogP contribution is -2.60. The van der Waals surface area contributed by atoms with Crippen LogP contribution in [-0.2, 0) is 43.5 Å². The summed E-state index contributed by atoms with van der Waals surface area (Å²) in [5.41, 5.74) is 1.97. The second kappa shape index (κ2) is 10.7. The summed E-state index contributed by atoms with van der Waals surface area (Å²) in [5, 5.41) is 11.4. The fourth-order valence-electron chi connectivity index (χ4n) is 7.01. The highest BCUT2D eigenvalue weighted by Crippen LogP contribution is 2.46. The molecule has 0 unspecified atom stereocenters. The third-order valence-electron chi connectivity index (χ3n) is 9.00. The molecule has 3 aromatic carbocycles. The molecule has 5 heterocycles. The van der Waals surface area contributed by atoms with Crippen molar-refractivity contribution in [1.82, 2.24) is 0 Å². The van der Waals surface area contributed by atoms with Gasteiger partial charge in [0, 0.05) is 0 Å². The molecule has 0 aromatic heterocycles. The quantitative estimate of drug-likeness (QED) is 0.313. The van der Waals surface area contributed by atoms with E-state index in [0.717, 1.165) is 16.7 Å². The van der Waals surface area contributed by atoms with Crippen LogP contribution in [0.5, 0.6) is 0 Å². The van der Waals surface area contributed by atoms with Gasteiger partial charge < -0.3 is 43.0 Å². The maximum Gasteiger partial charge on any atom is 0.187 e. The number of rotatable bonds is 8. The van der Waals surface area contributed by atoms with Crippen molar-refractivity contribution in [3.05, 3.63) is 108 Å². The second-order valence-corrected chi connectivity index (χ2v) is 12.2. The molecule has 0 spiro atoms. The van der Waals surface area contributed by atoms with Crippen LogP contribution in [0.2, 0.25) is 0 Å². The summed E-state index contributed by atoms with van der Waals surface area (Å²) in [4.78, 5) is 0. The Bertz CT molecular complexity index is 1310. The Morgan fingerprint density at radius 3 is 1.93 bits per heavy atom. The SMILES string of the molecule is CC1(C)O[C@@H]2[C@@H](O)[C@H](O[C@H]3[C@@H]4O[C@@H]4[C@@H]4OC[C@H]3O4)O[C@H](COC(c3ccccc3)(c3ccccc3)c3ccccc3)[C@@H]2O1. The molecule has 1 N–H and O–H groups in total. The van der Waals surface area contributed by atoms with Gasteiger partial charge in [0.2, 0.25) is 0 Å². The zero-order valence-electron chi connectivity index (χ0n) is 24.1. The third kappa shape index (κ3) is 4.84. The van der Waals surface area contributed by atoms with E-state index in [9.17, 15) is 5.11 Å². The van der Waals surface area contributed by atoms with Crippen LogP contribution in [-0.4, -0.2) is 85.5 Å². The number of hydrogen-bond acceptors (Lipinski definition) is 9. The van der Waals surface area contributed by atoms with E-state index in [1.807, 2.05) is 68.4 Å². The molecule has 5 fully saturated rings. The summed E-state index contributed by atoms with van der Waals surface area (Å²) in [6.07, 6.45) is -5.41. The lowest BCUT2D eigenvalue weighted by Gasteiger charge is -2.43. The van der Waals surface area contributed by atoms with Crippen molar-refractivity contribution in [1.29, 1.82) is 0 Å². The first-order chi connectivity index (χ1) is 20.9. The van der Waals surface area contributed by atoms with Crippen molar-refractivity contribution >= 4 is 0 Å². The molecule has 10 atom stereocenters. The molecule has 43 heavy (non-hydrogen) atoms. The summed E-state index contributed by atoms with van der Waals surface area (Å²) >= 11 is 0. The van der Waals surface area contributed by atoms with E-state index in [1.54, 1.807) is 0 Å². The van der Waals surface area contributed by atoms with Crippen LogP contribution in [0.3, 0.4) is 0 Å². The Hall–Kier alpha value is -2.70. The Balaban J connectivity index is 1.13. The molecule has 5 aliphatic heterocycles. The molecule has 0 aliphatic carbocycles. The van der Waals surface area contributed by atoms with Gasteiger partial charge >= 0.3 is 0 Å². The van der Waals surface area contributed by atoms with Crippen molar-refractivity contribution in [2.24, 2.45) is 0 Å². The van der Waals surface area contributed by atoms with Crippen LogP contribution in [0.15, 0.2) is 91.0 Å². The predicted molar refractivity (Wildman–Crippen MR) is 152 cm³/mol. The van der Waals surface area contributed by atoms with Crippen molar-refractivity contribution in [3.63, 3.8) is 0 Å². The van der Waals surface area contributed by atoms with E-state index in [2.05, 4.69) is 36.4 Å². The average Bonchev–Trinajstić information content (AvgIpc) is 3.61. The van der Waals surface area contributed by atoms with Gasteiger partial charge in [-0.2, -0.15) is 0 Å². The molecule has 9 heteroatoms. The third-order valence-corrected chi connectivity index (χ3v) is 9.00. The maximum absolute atomic E-state index is 11.4. The van der Waals surface area contributed by atoms with Gasteiger partial charge in [0.05, 0.1) is 13.2 Å². The van der Waals surface area contributed by atoms with Crippen molar-refractivity contribution < 1.29 is 43.0 Å². The number of ether oxygens (including phenoxy) is 8. The Morgan fingerprint density at radius 1 is 0.744 bits per heavy atom. The molecule has 5 saturated heterocycles. The van der Waals surface area contributed by atoms with E-state index in [-0.39, 0.29) is 31.2 Å². The lowest BCUT2D eigenvalue weighted by molar-refractivity contribution is -0.308. The number of aliphatic hydroxyl groups is 1. The van der Waals surface area contributed by atoms with Crippen LogP contribution >= 0.6 is 0 Å². The average molecular weight is 589 g/mol. The van der Waals surface area contributed by atoms with Crippen LogP contribution in [0.25, 0.3) is 0 Å². The fraction of sp³-hybridized carbons (Fsp3) is 0.471. The minimum Gasteiger partial charge on any atom is -0.385 e. The van der Waals surface area contributed by atoms with Gasteiger partial charge in [-0.15, -0.1) is 0 Å². The smallest absolute Gasteiger partial charge is 0.187 e. The zero-order valence-corrected chi connectivity index (χ0v) is 24.1. The molecule has 0 amide bonds. The minimum atomic E-state index is -1.10. The lowest BCUT2D eigenvalue weighted by atomic mass is 9.80. The Kier molecular flexibility index (Phi) is 6.94. The van der Waals surface area contributed by atoms with Crippen molar-refractivity contribution in [2.75, 3.05) is 13.2 Å². The summed E-state index contributed by atoms with van der Waals surface area (Å²) in [5.74, 6) is -0.923. The molecule has 226 valence electrons. The van der Waals surface area contributed by atoms with Gasteiger partial charge in [0.15, 0.2) is 18.4 Å². The Morgan fingerprint density at radius 2 is 1.33 bits per heavy atom. The van der Waals surface area contributed by atoms with E-state index in [1.165, 1.54) is 0 Å². The first-order valence-corrected chi connectivity index (χ1v) is 15.0. The largest absolute Gasteiger partial charge is 0.385 e. The molecule has 2 bridgehead atoms. The molecule has 3 aromatic rings.